The van der Waals surface area contributed by atoms with E-state index in [9.17, 15) is 19.5 Å². The van der Waals surface area contributed by atoms with Crippen molar-refractivity contribution in [3.05, 3.63) is 12.2 Å². The lowest BCUT2D eigenvalue weighted by atomic mass is 9.90. The van der Waals surface area contributed by atoms with Gasteiger partial charge in [-0.2, -0.15) is 0 Å². The van der Waals surface area contributed by atoms with Gasteiger partial charge in [0.15, 0.2) is 0 Å². The lowest BCUT2D eigenvalue weighted by Gasteiger charge is -2.24. The van der Waals surface area contributed by atoms with E-state index in [0.717, 1.165) is 0 Å². The normalized spacial score (nSPS) is 13.9. The van der Waals surface area contributed by atoms with Gasteiger partial charge in [0.2, 0.25) is 0 Å². The molecule has 6 nitrogen and oxygen atoms in total. The van der Waals surface area contributed by atoms with Crippen molar-refractivity contribution in [1.82, 2.24) is 0 Å². The van der Waals surface area contributed by atoms with Crippen molar-refractivity contribution in [3.8, 4) is 0 Å². The van der Waals surface area contributed by atoms with Crippen LogP contribution in [0.15, 0.2) is 12.2 Å². The molecule has 0 aromatic heterocycles. The summed E-state index contributed by atoms with van der Waals surface area (Å²) in [6.07, 6.45) is 2.93. The first-order chi connectivity index (χ1) is 8.34. The van der Waals surface area contributed by atoms with Crippen LogP contribution in [0.25, 0.3) is 0 Å². The fourth-order valence-electron chi connectivity index (χ4n) is 1.09. The van der Waals surface area contributed by atoms with Crippen LogP contribution in [0.5, 0.6) is 0 Å². The van der Waals surface area contributed by atoms with Gasteiger partial charge in [0.25, 0.3) is 0 Å². The Labute approximate surface area is 106 Å². The Morgan fingerprint density at radius 2 is 1.89 bits per heavy atom. The third-order valence-corrected chi connectivity index (χ3v) is 2.16. The zero-order valence-corrected chi connectivity index (χ0v) is 10.7. The second kappa shape index (κ2) is 7.47. The van der Waals surface area contributed by atoms with Gasteiger partial charge >= 0.3 is 11.9 Å². The van der Waals surface area contributed by atoms with Gasteiger partial charge in [0.05, 0.1) is 19.2 Å². The van der Waals surface area contributed by atoms with E-state index in [4.69, 9.17) is 0 Å². The van der Waals surface area contributed by atoms with Crippen molar-refractivity contribution >= 4 is 17.9 Å². The van der Waals surface area contributed by atoms with Crippen LogP contribution in [-0.4, -0.2) is 31.1 Å². The summed E-state index contributed by atoms with van der Waals surface area (Å²) in [5.41, 5.74) is -1.83. The van der Waals surface area contributed by atoms with E-state index < -0.39 is 23.3 Å². The minimum atomic E-state index is -1.83. The monoisotopic (exact) mass is 257 g/mol. The number of ether oxygens (including phenoxy) is 2. The van der Waals surface area contributed by atoms with Gasteiger partial charge in [-0.25, -0.2) is 0 Å². The highest BCUT2D eigenvalue weighted by atomic mass is 16.5. The highest BCUT2D eigenvalue weighted by Crippen LogP contribution is 2.20. The lowest BCUT2D eigenvalue weighted by Crippen LogP contribution is -2.45. The fraction of sp³-hybridized carbons (Fsp3) is 0.583. The Balaban J connectivity index is 4.52. The molecule has 0 aliphatic rings. The molecule has 1 unspecified atom stereocenters. The zero-order valence-electron chi connectivity index (χ0n) is 10.7. The third-order valence-electron chi connectivity index (χ3n) is 2.16. The number of rotatable bonds is 7. The van der Waals surface area contributed by atoms with Gasteiger partial charge in [0.1, 0.15) is 5.41 Å². The molecule has 0 aliphatic heterocycles. The number of esters is 2. The van der Waals surface area contributed by atoms with E-state index in [0.29, 0.717) is 6.42 Å². The van der Waals surface area contributed by atoms with Crippen LogP contribution in [0.4, 0.5) is 0 Å². The number of carbonyl (C=O) groups excluding carboxylic acids is 3. The number of hydrogen-bond acceptors (Lipinski definition) is 6. The first-order valence-electron chi connectivity index (χ1n) is 5.54. The SMILES string of the molecule is CCOC(=O)C(C)(C=CCCOC(C)=O)C(=O)[O-]. The highest BCUT2D eigenvalue weighted by molar-refractivity contribution is 6.00. The summed E-state index contributed by atoms with van der Waals surface area (Å²) in [7, 11) is 0. The van der Waals surface area contributed by atoms with E-state index in [1.807, 2.05) is 0 Å². The summed E-state index contributed by atoms with van der Waals surface area (Å²) in [6.45, 7) is 4.26. The first-order valence-corrected chi connectivity index (χ1v) is 5.54. The van der Waals surface area contributed by atoms with Crippen LogP contribution in [0, 0.1) is 5.41 Å². The minimum Gasteiger partial charge on any atom is -0.549 e. The predicted molar refractivity (Wildman–Crippen MR) is 60.1 cm³/mol. The van der Waals surface area contributed by atoms with Crippen LogP contribution in [-0.2, 0) is 23.9 Å². The third kappa shape index (κ3) is 4.99. The van der Waals surface area contributed by atoms with E-state index in [2.05, 4.69) is 9.47 Å². The number of carbonyl (C=O) groups is 3. The molecule has 0 amide bonds. The standard InChI is InChI=1S/C12H18O6/c1-4-17-11(16)12(3,10(14)15)7-5-6-8-18-9(2)13/h5,7H,4,6,8H2,1-3H3,(H,14,15)/p-1. The molecule has 0 rings (SSSR count). The summed E-state index contributed by atoms with van der Waals surface area (Å²) < 4.78 is 9.32. The summed E-state index contributed by atoms with van der Waals surface area (Å²) >= 11 is 0. The van der Waals surface area contributed by atoms with Crippen molar-refractivity contribution in [3.63, 3.8) is 0 Å². The maximum Gasteiger partial charge on any atom is 0.321 e. The largest absolute Gasteiger partial charge is 0.549 e. The number of aliphatic carboxylic acids is 1. The molecule has 102 valence electrons. The van der Waals surface area contributed by atoms with E-state index >= 15 is 0 Å². The smallest absolute Gasteiger partial charge is 0.321 e. The number of carboxylic acids is 1. The second-order valence-electron chi connectivity index (χ2n) is 3.74. The molecule has 6 heteroatoms. The highest BCUT2D eigenvalue weighted by Gasteiger charge is 2.33. The molecule has 1 atom stereocenters. The Morgan fingerprint density at radius 3 is 2.33 bits per heavy atom. The van der Waals surface area contributed by atoms with Crippen LogP contribution < -0.4 is 5.11 Å². The van der Waals surface area contributed by atoms with Gasteiger partial charge in [-0.1, -0.05) is 12.2 Å². The Kier molecular flexibility index (Phi) is 6.70. The van der Waals surface area contributed by atoms with Gasteiger partial charge in [-0.15, -0.1) is 0 Å². The maximum atomic E-state index is 11.5. The summed E-state index contributed by atoms with van der Waals surface area (Å²) in [5.74, 6) is -2.84. The van der Waals surface area contributed by atoms with Gasteiger partial charge < -0.3 is 19.4 Å². The maximum absolute atomic E-state index is 11.5. The molecule has 0 saturated heterocycles. The summed E-state index contributed by atoms with van der Waals surface area (Å²) in [4.78, 5) is 32.9. The van der Waals surface area contributed by atoms with E-state index in [1.165, 1.54) is 26.0 Å². The van der Waals surface area contributed by atoms with Crippen molar-refractivity contribution in [2.24, 2.45) is 5.41 Å². The molecule has 0 aromatic carbocycles. The molecule has 0 saturated carbocycles. The molecule has 0 radical (unpaired) electrons. The van der Waals surface area contributed by atoms with Crippen LogP contribution in [0.2, 0.25) is 0 Å². The molecular formula is C12H17O6-. The Bertz CT molecular complexity index is 346. The molecule has 0 aromatic rings. The van der Waals surface area contributed by atoms with Crippen LogP contribution in [0.3, 0.4) is 0 Å². The van der Waals surface area contributed by atoms with Crippen molar-refractivity contribution < 1.29 is 29.0 Å². The summed E-state index contributed by atoms with van der Waals surface area (Å²) in [5, 5.41) is 11.0. The van der Waals surface area contributed by atoms with Gasteiger partial charge in [-0.3, -0.25) is 9.59 Å². The molecule has 0 aliphatic carbocycles. The summed E-state index contributed by atoms with van der Waals surface area (Å²) in [6, 6.07) is 0. The van der Waals surface area contributed by atoms with Crippen LogP contribution in [0.1, 0.15) is 27.2 Å². The fourth-order valence-corrected chi connectivity index (χ4v) is 1.09. The first kappa shape index (κ1) is 16.1. The topological polar surface area (TPSA) is 92.7 Å². The molecule has 18 heavy (non-hydrogen) atoms. The Morgan fingerprint density at radius 1 is 1.28 bits per heavy atom. The van der Waals surface area contributed by atoms with Crippen molar-refractivity contribution in [2.45, 2.75) is 27.2 Å². The lowest BCUT2D eigenvalue weighted by molar-refractivity contribution is -0.314. The Hall–Kier alpha value is -1.85. The van der Waals surface area contributed by atoms with Crippen LogP contribution >= 0.6 is 0 Å². The number of carboxylic acid groups (broad SMARTS) is 1. The average molecular weight is 257 g/mol. The van der Waals surface area contributed by atoms with Crippen molar-refractivity contribution in [2.75, 3.05) is 13.2 Å². The number of hydrogen-bond donors (Lipinski definition) is 0. The van der Waals surface area contributed by atoms with E-state index in [1.54, 1.807) is 6.92 Å². The molecule has 0 N–H and O–H groups in total. The van der Waals surface area contributed by atoms with Gasteiger partial charge in [-0.05, 0) is 20.3 Å². The van der Waals surface area contributed by atoms with Gasteiger partial charge in [0, 0.05) is 6.92 Å². The van der Waals surface area contributed by atoms with E-state index in [-0.39, 0.29) is 13.2 Å². The molecule has 0 spiro atoms. The predicted octanol–water partition coefficient (Wildman–Crippen LogP) is -0.185. The molecule has 0 fully saturated rings. The average Bonchev–Trinajstić information content (AvgIpc) is 2.27. The molecule has 0 heterocycles. The quantitative estimate of drug-likeness (QED) is 0.272. The van der Waals surface area contributed by atoms with Crippen molar-refractivity contribution in [1.29, 1.82) is 0 Å². The second-order valence-corrected chi connectivity index (χ2v) is 3.74. The zero-order chi connectivity index (χ0) is 14.2. The minimum absolute atomic E-state index is 0.0863. The molecular weight excluding hydrogens is 240 g/mol. The molecule has 0 bridgehead atoms.